The highest BCUT2D eigenvalue weighted by Crippen LogP contribution is 2.33. The molecule has 2 amide bonds. The van der Waals surface area contributed by atoms with Crippen LogP contribution in [-0.4, -0.2) is 37.9 Å². The molecule has 0 saturated carbocycles. The minimum Gasteiger partial charge on any atom is -0.366 e. The Bertz CT molecular complexity index is 1380. The predicted octanol–water partition coefficient (Wildman–Crippen LogP) is 3.69. The Balaban J connectivity index is 1.68. The zero-order valence-electron chi connectivity index (χ0n) is 19.1. The van der Waals surface area contributed by atoms with Crippen LogP contribution in [0.3, 0.4) is 0 Å². The summed E-state index contributed by atoms with van der Waals surface area (Å²) in [5.74, 6) is 1.60. The molecule has 2 aromatic heterocycles. The maximum atomic E-state index is 12.4. The van der Waals surface area contributed by atoms with Crippen molar-refractivity contribution in [3.05, 3.63) is 65.7 Å². The summed E-state index contributed by atoms with van der Waals surface area (Å²) in [7, 11) is 0. The fourth-order valence-corrected chi connectivity index (χ4v) is 4.24. The van der Waals surface area contributed by atoms with Gasteiger partial charge in [0.25, 0.3) is 0 Å². The van der Waals surface area contributed by atoms with Crippen LogP contribution in [0.1, 0.15) is 31.4 Å². The Kier molecular flexibility index (Phi) is 5.67. The van der Waals surface area contributed by atoms with Gasteiger partial charge in [-0.2, -0.15) is 9.97 Å². The third-order valence-electron chi connectivity index (χ3n) is 5.77. The first-order valence-electron chi connectivity index (χ1n) is 11.2. The number of nitrogens with zero attached hydrogens (tertiary/aromatic N) is 5. The van der Waals surface area contributed by atoms with Gasteiger partial charge in [-0.05, 0) is 30.5 Å². The number of hydrogen-bond acceptors (Lipinski definition) is 6. The maximum Gasteiger partial charge on any atom is 0.241 e. The largest absolute Gasteiger partial charge is 0.366 e. The first-order valence-corrected chi connectivity index (χ1v) is 11.2. The van der Waals surface area contributed by atoms with Gasteiger partial charge in [0.05, 0.1) is 11.0 Å². The van der Waals surface area contributed by atoms with Gasteiger partial charge in [0.2, 0.25) is 23.7 Å². The van der Waals surface area contributed by atoms with E-state index in [9.17, 15) is 9.59 Å². The van der Waals surface area contributed by atoms with Crippen LogP contribution < -0.4 is 15.5 Å². The number of rotatable bonds is 5. The maximum absolute atomic E-state index is 12.4. The summed E-state index contributed by atoms with van der Waals surface area (Å²) in [4.78, 5) is 40.3. The number of benzene rings is 2. The second-order valence-electron chi connectivity index (χ2n) is 8.23. The van der Waals surface area contributed by atoms with Crippen molar-refractivity contribution in [1.82, 2.24) is 19.5 Å². The Labute approximate surface area is 196 Å². The van der Waals surface area contributed by atoms with Crippen LogP contribution in [0.4, 0.5) is 17.6 Å². The molecule has 0 radical (unpaired) electrons. The zero-order chi connectivity index (χ0) is 23.7. The van der Waals surface area contributed by atoms with E-state index in [1.165, 1.54) is 6.92 Å². The number of carbonyl (C=O) groups is 2. The van der Waals surface area contributed by atoms with Gasteiger partial charge < -0.3 is 5.32 Å². The lowest BCUT2D eigenvalue weighted by Crippen LogP contribution is -2.35. The molecular weight excluding hydrogens is 430 g/mol. The van der Waals surface area contributed by atoms with E-state index in [-0.39, 0.29) is 11.8 Å². The van der Waals surface area contributed by atoms with E-state index < -0.39 is 0 Å². The molecule has 2 aromatic carbocycles. The molecule has 4 aromatic rings. The molecule has 1 aliphatic heterocycles. The number of imidazole rings is 1. The van der Waals surface area contributed by atoms with E-state index in [0.717, 1.165) is 29.5 Å². The smallest absolute Gasteiger partial charge is 0.241 e. The van der Waals surface area contributed by atoms with Crippen LogP contribution in [0.15, 0.2) is 54.6 Å². The fourth-order valence-electron chi connectivity index (χ4n) is 4.24. The van der Waals surface area contributed by atoms with E-state index >= 15 is 0 Å². The number of carbonyl (C=O) groups excluding carboxylic acids is 2. The molecule has 34 heavy (non-hydrogen) atoms. The van der Waals surface area contributed by atoms with Crippen LogP contribution in [0.25, 0.3) is 17.0 Å². The summed E-state index contributed by atoms with van der Waals surface area (Å²) in [5, 5.41) is 6.23. The van der Waals surface area contributed by atoms with Gasteiger partial charge in [0, 0.05) is 32.5 Å². The van der Waals surface area contributed by atoms with Crippen molar-refractivity contribution in [2.45, 2.75) is 33.2 Å². The number of para-hydroxylation sites is 2. The average Bonchev–Trinajstić information content (AvgIpc) is 3.19. The highest BCUT2D eigenvalue weighted by molar-refractivity contribution is 5.93. The summed E-state index contributed by atoms with van der Waals surface area (Å²) in [5.41, 5.74) is 3.48. The molecule has 172 valence electrons. The van der Waals surface area contributed by atoms with Crippen molar-refractivity contribution >= 4 is 40.4 Å². The van der Waals surface area contributed by atoms with Crippen molar-refractivity contribution in [2.75, 3.05) is 22.1 Å². The topological polar surface area (TPSA) is 105 Å². The summed E-state index contributed by atoms with van der Waals surface area (Å²) in [6, 6.07) is 17.6. The Hall–Kier alpha value is -4.27. The molecule has 0 bridgehead atoms. The first-order chi connectivity index (χ1) is 16.5. The van der Waals surface area contributed by atoms with Gasteiger partial charge in [-0.3, -0.25) is 19.8 Å². The molecule has 5 rings (SSSR count). The Morgan fingerprint density at radius 1 is 0.971 bits per heavy atom. The van der Waals surface area contributed by atoms with Crippen LogP contribution in [0.2, 0.25) is 0 Å². The molecule has 0 saturated heterocycles. The standard InChI is InChI=1S/C25H25N7O2/c1-16(33)27-24-28-20-12-6-7-13-21(20)32(24)25-29-22(26-15-18-9-4-3-5-10-18)19-11-8-14-31(17(2)34)23(19)30-25/h3-7,9-10,12-13H,8,11,14-15H2,1-2H3,(H,26,29,30)(H,27,28,33). The molecule has 0 atom stereocenters. The zero-order valence-corrected chi connectivity index (χ0v) is 19.1. The molecular formula is C25H25N7O2. The molecule has 0 unspecified atom stereocenters. The van der Waals surface area contributed by atoms with E-state index in [0.29, 0.717) is 42.1 Å². The van der Waals surface area contributed by atoms with Crippen LogP contribution in [0, 0.1) is 0 Å². The van der Waals surface area contributed by atoms with Gasteiger partial charge in [0.15, 0.2) is 0 Å². The summed E-state index contributed by atoms with van der Waals surface area (Å²) < 4.78 is 1.72. The number of aromatic nitrogens is 4. The van der Waals surface area contributed by atoms with E-state index in [1.807, 2.05) is 54.6 Å². The molecule has 9 nitrogen and oxygen atoms in total. The Morgan fingerprint density at radius 2 is 1.74 bits per heavy atom. The summed E-state index contributed by atoms with van der Waals surface area (Å²) >= 11 is 0. The van der Waals surface area contributed by atoms with E-state index in [4.69, 9.17) is 9.97 Å². The van der Waals surface area contributed by atoms with Gasteiger partial charge in [0.1, 0.15) is 11.6 Å². The van der Waals surface area contributed by atoms with Gasteiger partial charge in [-0.1, -0.05) is 42.5 Å². The summed E-state index contributed by atoms with van der Waals surface area (Å²) in [6.45, 7) is 4.15. The third kappa shape index (κ3) is 4.07. The van der Waals surface area contributed by atoms with Crippen molar-refractivity contribution in [3.63, 3.8) is 0 Å². The summed E-state index contributed by atoms with van der Waals surface area (Å²) in [6.07, 6.45) is 1.60. The average molecular weight is 456 g/mol. The molecule has 1 aliphatic rings. The molecule has 0 spiro atoms. The Morgan fingerprint density at radius 3 is 2.50 bits per heavy atom. The highest BCUT2D eigenvalue weighted by atomic mass is 16.2. The number of hydrogen-bond donors (Lipinski definition) is 2. The van der Waals surface area contributed by atoms with E-state index in [2.05, 4.69) is 15.6 Å². The van der Waals surface area contributed by atoms with Gasteiger partial charge >= 0.3 is 0 Å². The number of amides is 2. The lowest BCUT2D eigenvalue weighted by atomic mass is 10.1. The van der Waals surface area contributed by atoms with Gasteiger partial charge in [-0.25, -0.2) is 9.55 Å². The number of nitrogens with one attached hydrogen (secondary N) is 2. The lowest BCUT2D eigenvalue weighted by molar-refractivity contribution is -0.116. The van der Waals surface area contributed by atoms with Crippen molar-refractivity contribution in [2.24, 2.45) is 0 Å². The second kappa shape index (κ2) is 8.93. The van der Waals surface area contributed by atoms with Crippen molar-refractivity contribution in [1.29, 1.82) is 0 Å². The fraction of sp³-hybridized carbons (Fsp3) is 0.240. The molecule has 9 heteroatoms. The van der Waals surface area contributed by atoms with Crippen molar-refractivity contribution in [3.8, 4) is 5.95 Å². The van der Waals surface area contributed by atoms with E-state index in [1.54, 1.807) is 16.4 Å². The molecule has 0 fully saturated rings. The van der Waals surface area contributed by atoms with Crippen molar-refractivity contribution < 1.29 is 9.59 Å². The first kappa shape index (κ1) is 21.6. The van der Waals surface area contributed by atoms with Crippen LogP contribution in [-0.2, 0) is 22.6 Å². The SMILES string of the molecule is CC(=O)Nc1nc2ccccc2n1-c1nc(NCc2ccccc2)c2c(n1)N(C(C)=O)CCC2. The van der Waals surface area contributed by atoms with Crippen LogP contribution in [0.5, 0.6) is 0 Å². The minimum absolute atomic E-state index is 0.0721. The highest BCUT2D eigenvalue weighted by Gasteiger charge is 2.27. The predicted molar refractivity (Wildman–Crippen MR) is 131 cm³/mol. The monoisotopic (exact) mass is 455 g/mol. The minimum atomic E-state index is -0.248. The molecule has 2 N–H and O–H groups in total. The molecule has 3 heterocycles. The lowest BCUT2D eigenvalue weighted by Gasteiger charge is -2.29. The normalized spacial score (nSPS) is 12.9. The second-order valence-corrected chi connectivity index (χ2v) is 8.23. The molecule has 0 aliphatic carbocycles. The number of fused-ring (bicyclic) bond motifs is 2. The van der Waals surface area contributed by atoms with Gasteiger partial charge in [-0.15, -0.1) is 0 Å². The third-order valence-corrected chi connectivity index (χ3v) is 5.77. The quantitative estimate of drug-likeness (QED) is 0.476. The number of anilines is 3. The van der Waals surface area contributed by atoms with Crippen LogP contribution >= 0.6 is 0 Å².